The zero-order valence-electron chi connectivity index (χ0n) is 10.7. The van der Waals surface area contributed by atoms with Crippen LogP contribution in [0.25, 0.3) is 0 Å². The molecule has 0 heterocycles. The van der Waals surface area contributed by atoms with Crippen LogP contribution in [0.4, 0.5) is 0 Å². The second-order valence-electron chi connectivity index (χ2n) is 5.29. The normalized spacial score (nSPS) is 18.3. The minimum atomic E-state index is -1.03. The number of rotatable bonds is 6. The third-order valence-electron chi connectivity index (χ3n) is 3.54. The van der Waals surface area contributed by atoms with Crippen molar-refractivity contribution in [2.24, 2.45) is 17.8 Å². The molecule has 0 aliphatic heterocycles. The van der Waals surface area contributed by atoms with Crippen LogP contribution in [0.1, 0.15) is 46.0 Å². The van der Waals surface area contributed by atoms with Gasteiger partial charge in [-0.25, -0.2) is 0 Å². The molecule has 1 rings (SSSR count). The Morgan fingerprint density at radius 2 is 1.88 bits per heavy atom. The van der Waals surface area contributed by atoms with Crippen LogP contribution < -0.4 is 5.32 Å². The molecule has 1 saturated carbocycles. The minimum absolute atomic E-state index is 0.168. The molecule has 1 amide bonds. The molecule has 1 aliphatic rings. The molecule has 0 aromatic heterocycles. The third-order valence-corrected chi connectivity index (χ3v) is 3.54. The zero-order chi connectivity index (χ0) is 12.8. The summed E-state index contributed by atoms with van der Waals surface area (Å²) < 4.78 is 0. The van der Waals surface area contributed by atoms with Gasteiger partial charge in [0.05, 0.1) is 0 Å². The summed E-state index contributed by atoms with van der Waals surface area (Å²) >= 11 is 0. The van der Waals surface area contributed by atoms with Gasteiger partial charge in [-0.1, -0.05) is 39.5 Å². The zero-order valence-corrected chi connectivity index (χ0v) is 10.7. The van der Waals surface area contributed by atoms with Gasteiger partial charge in [0, 0.05) is 6.54 Å². The number of carboxylic acid groups (broad SMARTS) is 1. The van der Waals surface area contributed by atoms with Gasteiger partial charge in [0.25, 0.3) is 0 Å². The number of nitrogens with one attached hydrogen (secondary N) is 1. The van der Waals surface area contributed by atoms with Crippen molar-refractivity contribution in [3.8, 4) is 0 Å². The van der Waals surface area contributed by atoms with Crippen LogP contribution in [0.5, 0.6) is 0 Å². The molecule has 2 N–H and O–H groups in total. The lowest BCUT2D eigenvalue weighted by Crippen LogP contribution is -2.39. The molecule has 0 saturated heterocycles. The van der Waals surface area contributed by atoms with Gasteiger partial charge in [-0.05, 0) is 18.3 Å². The van der Waals surface area contributed by atoms with Crippen molar-refractivity contribution >= 4 is 11.9 Å². The van der Waals surface area contributed by atoms with Crippen molar-refractivity contribution in [2.45, 2.75) is 46.0 Å². The topological polar surface area (TPSA) is 66.4 Å². The van der Waals surface area contributed by atoms with Gasteiger partial charge in [0.2, 0.25) is 5.91 Å². The van der Waals surface area contributed by atoms with E-state index in [1.54, 1.807) is 13.8 Å². The fraction of sp³-hybridized carbons (Fsp3) is 0.846. The van der Waals surface area contributed by atoms with Crippen molar-refractivity contribution in [1.82, 2.24) is 5.32 Å². The molecule has 0 aromatic rings. The Bertz CT molecular complexity index is 270. The predicted molar refractivity (Wildman–Crippen MR) is 65.5 cm³/mol. The van der Waals surface area contributed by atoms with Gasteiger partial charge in [0.15, 0.2) is 0 Å². The first kappa shape index (κ1) is 14.0. The van der Waals surface area contributed by atoms with E-state index in [0.29, 0.717) is 6.54 Å². The number of carboxylic acids is 1. The molecule has 4 heteroatoms. The molecule has 1 unspecified atom stereocenters. The Hall–Kier alpha value is -1.06. The van der Waals surface area contributed by atoms with Gasteiger partial charge in [0.1, 0.15) is 5.92 Å². The minimum Gasteiger partial charge on any atom is -0.481 e. The lowest BCUT2D eigenvalue weighted by molar-refractivity contribution is -0.148. The summed E-state index contributed by atoms with van der Waals surface area (Å²) in [7, 11) is 0. The van der Waals surface area contributed by atoms with Gasteiger partial charge in [-0.3, -0.25) is 9.59 Å². The van der Waals surface area contributed by atoms with E-state index in [1.165, 1.54) is 25.7 Å². The molecule has 0 radical (unpaired) electrons. The SMILES string of the molecule is CC(C)C(C(=O)O)C(=O)NCCC1CCCC1. The van der Waals surface area contributed by atoms with Crippen molar-refractivity contribution in [3.63, 3.8) is 0 Å². The van der Waals surface area contributed by atoms with Gasteiger partial charge < -0.3 is 10.4 Å². The summed E-state index contributed by atoms with van der Waals surface area (Å²) in [6.45, 7) is 4.13. The largest absolute Gasteiger partial charge is 0.481 e. The number of hydrogen-bond donors (Lipinski definition) is 2. The molecule has 0 aromatic carbocycles. The van der Waals surface area contributed by atoms with E-state index in [1.807, 2.05) is 0 Å². The van der Waals surface area contributed by atoms with Crippen LogP contribution in [-0.4, -0.2) is 23.5 Å². The van der Waals surface area contributed by atoms with Crippen LogP contribution in [-0.2, 0) is 9.59 Å². The van der Waals surface area contributed by atoms with Gasteiger partial charge >= 0.3 is 5.97 Å². The fourth-order valence-electron chi connectivity index (χ4n) is 2.51. The van der Waals surface area contributed by atoms with Crippen molar-refractivity contribution in [2.75, 3.05) is 6.54 Å². The monoisotopic (exact) mass is 241 g/mol. The molecular formula is C13H23NO3. The molecule has 1 aliphatic carbocycles. The highest BCUT2D eigenvalue weighted by Crippen LogP contribution is 2.26. The Labute approximate surface area is 103 Å². The summed E-state index contributed by atoms with van der Waals surface area (Å²) in [6.07, 6.45) is 6.08. The maximum Gasteiger partial charge on any atom is 0.316 e. The van der Waals surface area contributed by atoms with E-state index in [9.17, 15) is 9.59 Å². The van der Waals surface area contributed by atoms with Crippen LogP contribution in [0.15, 0.2) is 0 Å². The van der Waals surface area contributed by atoms with Gasteiger partial charge in [-0.2, -0.15) is 0 Å². The van der Waals surface area contributed by atoms with Crippen molar-refractivity contribution in [3.05, 3.63) is 0 Å². The number of amides is 1. The summed E-state index contributed by atoms with van der Waals surface area (Å²) in [5.74, 6) is -1.74. The first-order valence-electron chi connectivity index (χ1n) is 6.53. The summed E-state index contributed by atoms with van der Waals surface area (Å²) in [6, 6.07) is 0. The molecule has 0 spiro atoms. The Balaban J connectivity index is 2.29. The summed E-state index contributed by atoms with van der Waals surface area (Å²) in [4.78, 5) is 22.6. The van der Waals surface area contributed by atoms with E-state index in [4.69, 9.17) is 5.11 Å². The van der Waals surface area contributed by atoms with E-state index < -0.39 is 11.9 Å². The number of carbonyl (C=O) groups is 2. The third kappa shape index (κ3) is 4.36. The molecule has 1 atom stereocenters. The number of aliphatic carboxylic acids is 1. The highest BCUT2D eigenvalue weighted by atomic mass is 16.4. The fourth-order valence-corrected chi connectivity index (χ4v) is 2.51. The second kappa shape index (κ2) is 6.62. The van der Waals surface area contributed by atoms with Gasteiger partial charge in [-0.15, -0.1) is 0 Å². The Morgan fingerprint density at radius 1 is 1.29 bits per heavy atom. The van der Waals surface area contributed by atoms with Crippen LogP contribution >= 0.6 is 0 Å². The van der Waals surface area contributed by atoms with E-state index in [2.05, 4.69) is 5.32 Å². The van der Waals surface area contributed by atoms with Crippen LogP contribution in [0.2, 0.25) is 0 Å². The second-order valence-corrected chi connectivity index (χ2v) is 5.29. The first-order valence-corrected chi connectivity index (χ1v) is 6.53. The van der Waals surface area contributed by atoms with E-state index in [0.717, 1.165) is 12.3 Å². The van der Waals surface area contributed by atoms with Crippen molar-refractivity contribution < 1.29 is 14.7 Å². The smallest absolute Gasteiger partial charge is 0.316 e. The molecular weight excluding hydrogens is 218 g/mol. The summed E-state index contributed by atoms with van der Waals surface area (Å²) in [5.41, 5.74) is 0. The van der Waals surface area contributed by atoms with Crippen LogP contribution in [0.3, 0.4) is 0 Å². The van der Waals surface area contributed by atoms with E-state index >= 15 is 0 Å². The van der Waals surface area contributed by atoms with Crippen LogP contribution in [0, 0.1) is 17.8 Å². The van der Waals surface area contributed by atoms with Crippen molar-refractivity contribution in [1.29, 1.82) is 0 Å². The standard InChI is InChI=1S/C13H23NO3/c1-9(2)11(13(16)17)12(15)14-8-7-10-5-3-4-6-10/h9-11H,3-8H2,1-2H3,(H,14,15)(H,16,17). The molecule has 4 nitrogen and oxygen atoms in total. The lowest BCUT2D eigenvalue weighted by atomic mass is 9.95. The average molecular weight is 241 g/mol. The molecule has 17 heavy (non-hydrogen) atoms. The Morgan fingerprint density at radius 3 is 2.35 bits per heavy atom. The highest BCUT2D eigenvalue weighted by molar-refractivity contribution is 5.97. The maximum absolute atomic E-state index is 11.7. The highest BCUT2D eigenvalue weighted by Gasteiger charge is 2.29. The Kier molecular flexibility index (Phi) is 5.45. The quantitative estimate of drug-likeness (QED) is 0.699. The summed E-state index contributed by atoms with van der Waals surface area (Å²) in [5, 5.41) is 11.7. The predicted octanol–water partition coefficient (Wildman–Crippen LogP) is 2.04. The average Bonchev–Trinajstić information content (AvgIpc) is 2.69. The maximum atomic E-state index is 11.7. The first-order chi connectivity index (χ1) is 8.02. The number of hydrogen-bond acceptors (Lipinski definition) is 2. The van der Waals surface area contributed by atoms with E-state index in [-0.39, 0.29) is 11.8 Å². The lowest BCUT2D eigenvalue weighted by Gasteiger charge is -2.16. The molecule has 0 bridgehead atoms. The molecule has 98 valence electrons. The molecule has 1 fully saturated rings. The number of carbonyl (C=O) groups excluding carboxylic acids is 1.